The summed E-state index contributed by atoms with van der Waals surface area (Å²) < 4.78 is 11.3. The number of hydrogen-bond acceptors (Lipinski definition) is 2. The Bertz CT molecular complexity index is 525. The third-order valence-electron chi connectivity index (χ3n) is 2.37. The second-order valence-corrected chi connectivity index (χ2v) is 4.24. The molecule has 0 amide bonds. The average molecular weight is 220 g/mol. The summed E-state index contributed by atoms with van der Waals surface area (Å²) in [5.41, 5.74) is 1.01. The van der Waals surface area contributed by atoms with E-state index in [0.29, 0.717) is 4.90 Å². The normalized spacial score (nSPS) is 12.7. The van der Waals surface area contributed by atoms with Crippen LogP contribution in [0.2, 0.25) is 0 Å². The molecule has 0 saturated heterocycles. The van der Waals surface area contributed by atoms with Gasteiger partial charge < -0.3 is 5.32 Å². The molecule has 0 fully saturated rings. The molecule has 0 heterocycles. The summed E-state index contributed by atoms with van der Waals surface area (Å²) in [4.78, 5) is 0.671. The van der Waals surface area contributed by atoms with Crippen LogP contribution in [-0.2, 0) is 11.0 Å². The highest BCUT2D eigenvalue weighted by Gasteiger charge is 2.06. The van der Waals surface area contributed by atoms with Crippen molar-refractivity contribution >= 4 is 27.4 Å². The lowest BCUT2D eigenvalue weighted by molar-refractivity contribution is 0.685. The van der Waals surface area contributed by atoms with Crippen LogP contribution in [0.5, 0.6) is 0 Å². The predicted molar refractivity (Wildman–Crippen MR) is 64.1 cm³/mol. The molecule has 2 aromatic rings. The van der Waals surface area contributed by atoms with Gasteiger partial charge in [0, 0.05) is 23.5 Å². The largest absolute Gasteiger partial charge is 0.388 e. The number of anilines is 1. The molecule has 0 bridgehead atoms. The topological polar surface area (TPSA) is 55.1 Å². The first-order chi connectivity index (χ1) is 7.24. The van der Waals surface area contributed by atoms with Crippen molar-refractivity contribution in [2.45, 2.75) is 4.90 Å². The maximum absolute atomic E-state index is 11.3. The van der Waals surface area contributed by atoms with E-state index in [4.69, 9.17) is 5.14 Å². The Labute approximate surface area is 90.9 Å². The molecular formula is C11H12N2OS. The molecule has 3 N–H and O–H groups in total. The summed E-state index contributed by atoms with van der Waals surface area (Å²) in [5, 5.41) is 10.5. The quantitative estimate of drug-likeness (QED) is 0.811. The summed E-state index contributed by atoms with van der Waals surface area (Å²) in [6.07, 6.45) is 0. The molecule has 2 rings (SSSR count). The summed E-state index contributed by atoms with van der Waals surface area (Å²) in [6.45, 7) is 0. The van der Waals surface area contributed by atoms with Crippen LogP contribution in [0.1, 0.15) is 0 Å². The highest BCUT2D eigenvalue weighted by atomic mass is 32.2. The minimum Gasteiger partial charge on any atom is -0.388 e. The van der Waals surface area contributed by atoms with Gasteiger partial charge in [-0.15, -0.1) is 0 Å². The molecule has 15 heavy (non-hydrogen) atoms. The van der Waals surface area contributed by atoms with Crippen LogP contribution in [0, 0.1) is 0 Å². The SMILES string of the molecule is CNc1cccc2c(S(N)=O)cccc12. The zero-order chi connectivity index (χ0) is 10.8. The predicted octanol–water partition coefficient (Wildman–Crippen LogP) is 1.86. The van der Waals surface area contributed by atoms with Crippen LogP contribution in [0.4, 0.5) is 5.69 Å². The molecule has 0 aliphatic heterocycles. The lowest BCUT2D eigenvalue weighted by Crippen LogP contribution is -2.03. The Hall–Kier alpha value is -1.39. The summed E-state index contributed by atoms with van der Waals surface area (Å²) in [7, 11) is 0.420. The number of nitrogens with two attached hydrogens (primary N) is 1. The molecular weight excluding hydrogens is 208 g/mol. The Morgan fingerprint density at radius 2 is 1.80 bits per heavy atom. The monoisotopic (exact) mass is 220 g/mol. The molecule has 0 radical (unpaired) electrons. The first kappa shape index (κ1) is 10.1. The fourth-order valence-corrected chi connectivity index (χ4v) is 2.28. The van der Waals surface area contributed by atoms with Crippen LogP contribution in [0.3, 0.4) is 0 Å². The Balaban J connectivity index is 2.82. The van der Waals surface area contributed by atoms with Gasteiger partial charge in [-0.25, -0.2) is 9.35 Å². The fraction of sp³-hybridized carbons (Fsp3) is 0.0909. The van der Waals surface area contributed by atoms with Gasteiger partial charge >= 0.3 is 0 Å². The van der Waals surface area contributed by atoms with Gasteiger partial charge in [0.2, 0.25) is 0 Å². The summed E-state index contributed by atoms with van der Waals surface area (Å²) in [5.74, 6) is 0. The number of nitrogens with one attached hydrogen (secondary N) is 1. The molecule has 1 unspecified atom stereocenters. The minimum absolute atomic E-state index is 0.671. The van der Waals surface area contributed by atoms with Crippen LogP contribution in [-0.4, -0.2) is 11.3 Å². The van der Waals surface area contributed by atoms with Crippen molar-refractivity contribution in [3.63, 3.8) is 0 Å². The van der Waals surface area contributed by atoms with Gasteiger partial charge in [0.1, 0.15) is 11.0 Å². The van der Waals surface area contributed by atoms with Crippen molar-refractivity contribution in [3.8, 4) is 0 Å². The van der Waals surface area contributed by atoms with E-state index in [-0.39, 0.29) is 0 Å². The van der Waals surface area contributed by atoms with E-state index in [1.807, 2.05) is 37.4 Å². The maximum Gasteiger partial charge on any atom is 0.122 e. The molecule has 2 aromatic carbocycles. The summed E-state index contributed by atoms with van der Waals surface area (Å²) >= 11 is 0. The van der Waals surface area contributed by atoms with Gasteiger partial charge in [0.25, 0.3) is 0 Å². The van der Waals surface area contributed by atoms with E-state index in [0.717, 1.165) is 16.5 Å². The van der Waals surface area contributed by atoms with Crippen LogP contribution in [0.15, 0.2) is 41.3 Å². The average Bonchev–Trinajstić information content (AvgIpc) is 2.27. The van der Waals surface area contributed by atoms with Crippen molar-refractivity contribution in [3.05, 3.63) is 36.4 Å². The molecule has 3 nitrogen and oxygen atoms in total. The van der Waals surface area contributed by atoms with E-state index in [2.05, 4.69) is 5.32 Å². The van der Waals surface area contributed by atoms with Gasteiger partial charge in [-0.2, -0.15) is 0 Å². The standard InChI is InChI=1S/C11H12N2OS/c1-13-10-6-2-5-9-8(10)4-3-7-11(9)15(12)14/h2-7,13H,12H2,1H3. The van der Waals surface area contributed by atoms with Gasteiger partial charge in [0.15, 0.2) is 0 Å². The molecule has 0 spiro atoms. The van der Waals surface area contributed by atoms with Crippen LogP contribution >= 0.6 is 0 Å². The lowest BCUT2D eigenvalue weighted by Gasteiger charge is -2.07. The molecule has 1 atom stereocenters. The summed E-state index contributed by atoms with van der Waals surface area (Å²) in [6, 6.07) is 11.5. The maximum atomic E-state index is 11.3. The second-order valence-electron chi connectivity index (χ2n) is 3.20. The molecule has 0 aliphatic carbocycles. The number of fused-ring (bicyclic) bond motifs is 1. The Kier molecular flexibility index (Phi) is 2.70. The zero-order valence-corrected chi connectivity index (χ0v) is 9.17. The van der Waals surface area contributed by atoms with Gasteiger partial charge in [-0.1, -0.05) is 24.3 Å². The van der Waals surface area contributed by atoms with Crippen molar-refractivity contribution in [1.29, 1.82) is 0 Å². The molecule has 0 aromatic heterocycles. The molecule has 0 aliphatic rings. The van der Waals surface area contributed by atoms with Crippen LogP contribution < -0.4 is 10.5 Å². The first-order valence-electron chi connectivity index (χ1n) is 4.59. The van der Waals surface area contributed by atoms with Crippen LogP contribution in [0.25, 0.3) is 10.8 Å². The van der Waals surface area contributed by atoms with Crippen molar-refractivity contribution in [2.75, 3.05) is 12.4 Å². The van der Waals surface area contributed by atoms with E-state index >= 15 is 0 Å². The molecule has 0 saturated carbocycles. The third kappa shape index (κ3) is 1.73. The second kappa shape index (κ2) is 4.00. The third-order valence-corrected chi connectivity index (χ3v) is 3.16. The van der Waals surface area contributed by atoms with E-state index in [1.165, 1.54) is 0 Å². The lowest BCUT2D eigenvalue weighted by atomic mass is 10.1. The highest BCUT2D eigenvalue weighted by Crippen LogP contribution is 2.26. The number of hydrogen-bond donors (Lipinski definition) is 2. The molecule has 78 valence electrons. The van der Waals surface area contributed by atoms with E-state index in [9.17, 15) is 4.21 Å². The van der Waals surface area contributed by atoms with Gasteiger partial charge in [0.05, 0.1) is 4.90 Å². The Morgan fingerprint density at radius 3 is 2.47 bits per heavy atom. The smallest absolute Gasteiger partial charge is 0.122 e. The first-order valence-corrected chi connectivity index (χ1v) is 5.81. The van der Waals surface area contributed by atoms with Crippen molar-refractivity contribution < 1.29 is 4.21 Å². The highest BCUT2D eigenvalue weighted by molar-refractivity contribution is 7.83. The van der Waals surface area contributed by atoms with Gasteiger partial charge in [-0.05, 0) is 12.1 Å². The van der Waals surface area contributed by atoms with E-state index in [1.54, 1.807) is 6.07 Å². The zero-order valence-electron chi connectivity index (χ0n) is 8.36. The van der Waals surface area contributed by atoms with Crippen molar-refractivity contribution in [1.82, 2.24) is 0 Å². The number of benzene rings is 2. The number of rotatable bonds is 2. The molecule has 4 heteroatoms. The minimum atomic E-state index is -1.44. The van der Waals surface area contributed by atoms with Crippen molar-refractivity contribution in [2.24, 2.45) is 5.14 Å². The Morgan fingerprint density at radius 1 is 1.13 bits per heavy atom. The van der Waals surface area contributed by atoms with Gasteiger partial charge in [-0.3, -0.25) is 0 Å². The fourth-order valence-electron chi connectivity index (χ4n) is 1.67. The van der Waals surface area contributed by atoms with E-state index < -0.39 is 11.0 Å².